The van der Waals surface area contributed by atoms with Crippen LogP contribution in [-0.2, 0) is 13.9 Å². The number of hydrogen-bond acceptors (Lipinski definition) is 5. The molecule has 0 aliphatic carbocycles. The van der Waals surface area contributed by atoms with Crippen LogP contribution in [0.2, 0.25) is 0 Å². The number of urea groups is 2. The number of amidine groups is 1. The lowest BCUT2D eigenvalue weighted by atomic mass is 10.2. The smallest absolute Gasteiger partial charge is 0.303 e. The maximum absolute atomic E-state index is 11.3. The predicted octanol–water partition coefficient (Wildman–Crippen LogP) is -1.18. The molecule has 1 saturated heterocycles. The van der Waals surface area contributed by atoms with Crippen molar-refractivity contribution < 1.29 is 23.5 Å². The summed E-state index contributed by atoms with van der Waals surface area (Å²) in [5.41, 5.74) is 0. The molecule has 0 bridgehead atoms. The van der Waals surface area contributed by atoms with E-state index in [-0.39, 0.29) is 0 Å². The molecule has 9 nitrogen and oxygen atoms in total. The second-order valence-electron chi connectivity index (χ2n) is 2.77. The van der Waals surface area contributed by atoms with Crippen molar-refractivity contribution >= 4 is 31.5 Å². The van der Waals surface area contributed by atoms with Crippen LogP contribution in [0.4, 0.5) is 9.59 Å². The SMILES string of the molecule is O=C1N=C2NC(=O)NC(=O)C2(P(=O)=O)N1. The predicted molar refractivity (Wildman–Crippen MR) is 43.7 cm³/mol. The van der Waals surface area contributed by atoms with Crippen LogP contribution >= 0.6 is 7.68 Å². The minimum Gasteiger partial charge on any atom is -0.303 e. The van der Waals surface area contributed by atoms with E-state index in [1.165, 1.54) is 0 Å². The van der Waals surface area contributed by atoms with E-state index in [1.807, 2.05) is 10.6 Å². The van der Waals surface area contributed by atoms with Crippen LogP contribution in [0, 0.1) is 0 Å². The van der Waals surface area contributed by atoms with Gasteiger partial charge in [-0.1, -0.05) is 0 Å². The van der Waals surface area contributed by atoms with Gasteiger partial charge in [0.2, 0.25) is 0 Å². The fraction of sp³-hybridized carbons (Fsp3) is 0.200. The van der Waals surface area contributed by atoms with Gasteiger partial charge in [0.25, 0.3) is 11.2 Å². The van der Waals surface area contributed by atoms with Gasteiger partial charge < -0.3 is 5.32 Å². The van der Waals surface area contributed by atoms with Crippen molar-refractivity contribution in [2.24, 2.45) is 4.99 Å². The highest BCUT2D eigenvalue weighted by Gasteiger charge is 2.58. The standard InChI is InChI=1S/C5H3N4O5P/c10-2-5(15(13)14)1(6-3(11)8-2)7-4(12)9-5/h(H3,6,7,8,9,10,11,12). The molecule has 0 saturated carbocycles. The van der Waals surface area contributed by atoms with Crippen molar-refractivity contribution in [3.8, 4) is 0 Å². The van der Waals surface area contributed by atoms with Gasteiger partial charge in [0.15, 0.2) is 5.84 Å². The highest BCUT2D eigenvalue weighted by Crippen LogP contribution is 2.32. The van der Waals surface area contributed by atoms with Crippen molar-refractivity contribution in [1.29, 1.82) is 0 Å². The zero-order valence-corrected chi connectivity index (χ0v) is 7.83. The molecule has 78 valence electrons. The van der Waals surface area contributed by atoms with Crippen LogP contribution in [0.15, 0.2) is 4.99 Å². The molecule has 2 heterocycles. The first-order chi connectivity index (χ1) is 6.96. The van der Waals surface area contributed by atoms with E-state index in [0.717, 1.165) is 0 Å². The first-order valence-corrected chi connectivity index (χ1v) is 4.83. The van der Waals surface area contributed by atoms with Crippen molar-refractivity contribution in [2.45, 2.75) is 5.28 Å². The Morgan fingerprint density at radius 3 is 2.40 bits per heavy atom. The number of nitrogens with zero attached hydrogens (tertiary/aromatic N) is 1. The molecule has 0 spiro atoms. The van der Waals surface area contributed by atoms with Gasteiger partial charge in [-0.2, -0.15) is 4.99 Å². The van der Waals surface area contributed by atoms with Gasteiger partial charge in [-0.3, -0.25) is 15.4 Å². The fourth-order valence-electron chi connectivity index (χ4n) is 1.25. The number of fused-ring (bicyclic) bond motifs is 1. The summed E-state index contributed by atoms with van der Waals surface area (Å²) in [5.74, 6) is -1.66. The molecule has 5 amide bonds. The molecular formula is C5H3N4O5P. The van der Waals surface area contributed by atoms with Crippen LogP contribution in [0.5, 0.6) is 0 Å². The van der Waals surface area contributed by atoms with Gasteiger partial charge in [0, 0.05) is 0 Å². The van der Waals surface area contributed by atoms with Crippen LogP contribution < -0.4 is 16.0 Å². The number of nitrogens with one attached hydrogen (secondary N) is 3. The maximum Gasteiger partial charge on any atom is 0.360 e. The Bertz CT molecular complexity index is 486. The Kier molecular flexibility index (Phi) is 1.74. The highest BCUT2D eigenvalue weighted by atomic mass is 31.1. The van der Waals surface area contributed by atoms with Crippen molar-refractivity contribution in [3.63, 3.8) is 0 Å². The first kappa shape index (κ1) is 9.53. The third-order valence-electron chi connectivity index (χ3n) is 1.91. The van der Waals surface area contributed by atoms with Gasteiger partial charge in [-0.05, 0) is 0 Å². The Morgan fingerprint density at radius 1 is 1.13 bits per heavy atom. The summed E-state index contributed by atoms with van der Waals surface area (Å²) in [5, 5.41) is 3.29. The van der Waals surface area contributed by atoms with E-state index in [9.17, 15) is 23.5 Å². The van der Waals surface area contributed by atoms with Crippen molar-refractivity contribution in [3.05, 3.63) is 0 Å². The largest absolute Gasteiger partial charge is 0.360 e. The van der Waals surface area contributed by atoms with Crippen LogP contribution in [0.25, 0.3) is 0 Å². The minimum absolute atomic E-state index is 0.516. The van der Waals surface area contributed by atoms with Gasteiger partial charge >= 0.3 is 19.7 Å². The number of carbonyl (C=O) groups is 3. The molecule has 0 aromatic carbocycles. The molecule has 0 aromatic heterocycles. The molecule has 0 radical (unpaired) electrons. The molecule has 2 aliphatic rings. The molecular weight excluding hydrogens is 227 g/mol. The average Bonchev–Trinajstić information content (AvgIpc) is 2.42. The molecule has 1 fully saturated rings. The summed E-state index contributed by atoms with van der Waals surface area (Å²) < 4.78 is 21.9. The molecule has 2 rings (SSSR count). The molecule has 1 atom stereocenters. The van der Waals surface area contributed by atoms with Gasteiger partial charge in [-0.15, -0.1) is 0 Å². The topological polar surface area (TPSA) is 134 Å². The molecule has 1 unspecified atom stereocenters. The molecule has 0 aromatic rings. The van der Waals surface area contributed by atoms with E-state index in [4.69, 9.17) is 0 Å². The van der Waals surface area contributed by atoms with Crippen molar-refractivity contribution in [1.82, 2.24) is 16.0 Å². The third kappa shape index (κ3) is 1.10. The molecule has 15 heavy (non-hydrogen) atoms. The van der Waals surface area contributed by atoms with Gasteiger partial charge in [-0.25, -0.2) is 18.7 Å². The first-order valence-electron chi connectivity index (χ1n) is 3.65. The van der Waals surface area contributed by atoms with E-state index in [0.29, 0.717) is 0 Å². The lowest BCUT2D eigenvalue weighted by molar-refractivity contribution is -0.121. The number of imide groups is 1. The summed E-state index contributed by atoms with van der Waals surface area (Å²) in [6.45, 7) is 0. The van der Waals surface area contributed by atoms with Crippen LogP contribution in [-0.4, -0.2) is 29.1 Å². The minimum atomic E-state index is -3.35. The quantitative estimate of drug-likeness (QED) is 0.487. The molecule has 3 N–H and O–H groups in total. The zero-order chi connectivity index (χ0) is 11.2. The Labute approximate surface area is 82.1 Å². The highest BCUT2D eigenvalue weighted by molar-refractivity contribution is 7.36. The van der Waals surface area contributed by atoms with E-state index < -0.39 is 36.8 Å². The lowest BCUT2D eigenvalue weighted by Gasteiger charge is -2.25. The van der Waals surface area contributed by atoms with Gasteiger partial charge in [0.1, 0.15) is 0 Å². The van der Waals surface area contributed by atoms with Crippen LogP contribution in [0.1, 0.15) is 0 Å². The summed E-state index contributed by atoms with van der Waals surface area (Å²) in [6.07, 6.45) is 0. The maximum atomic E-state index is 11.3. The Morgan fingerprint density at radius 2 is 1.80 bits per heavy atom. The number of aliphatic imine (C=N–C) groups is 1. The molecule has 2 aliphatic heterocycles. The number of carbonyl (C=O) groups excluding carboxylic acids is 3. The Hall–Kier alpha value is -2.02. The summed E-state index contributed by atoms with van der Waals surface area (Å²) in [4.78, 5) is 36.2. The van der Waals surface area contributed by atoms with Crippen molar-refractivity contribution in [2.75, 3.05) is 0 Å². The monoisotopic (exact) mass is 230 g/mol. The van der Waals surface area contributed by atoms with Crippen LogP contribution in [0.3, 0.4) is 0 Å². The second-order valence-corrected chi connectivity index (χ2v) is 3.95. The normalized spacial score (nSPS) is 28.5. The number of amides is 5. The van der Waals surface area contributed by atoms with E-state index in [1.54, 1.807) is 5.32 Å². The zero-order valence-electron chi connectivity index (χ0n) is 6.94. The number of rotatable bonds is 1. The number of hydrogen-bond donors (Lipinski definition) is 3. The summed E-state index contributed by atoms with van der Waals surface area (Å²) in [6, 6.07) is -1.93. The van der Waals surface area contributed by atoms with Gasteiger partial charge in [0.05, 0.1) is 0 Å². The summed E-state index contributed by atoms with van der Waals surface area (Å²) >= 11 is 0. The fourth-order valence-corrected chi connectivity index (χ4v) is 1.94. The average molecular weight is 230 g/mol. The third-order valence-corrected chi connectivity index (χ3v) is 2.98. The van der Waals surface area contributed by atoms with E-state index >= 15 is 0 Å². The Balaban J connectivity index is 2.60. The second kappa shape index (κ2) is 2.74. The van der Waals surface area contributed by atoms with E-state index in [2.05, 4.69) is 4.99 Å². The molecule has 10 heteroatoms. The lowest BCUT2D eigenvalue weighted by Crippen LogP contribution is -2.67. The summed E-state index contributed by atoms with van der Waals surface area (Å²) in [7, 11) is -3.35.